The van der Waals surface area contributed by atoms with E-state index in [4.69, 9.17) is 0 Å². The Hall–Kier alpha value is -0.300. The maximum atomic E-state index is 2.33. The van der Waals surface area contributed by atoms with Crippen LogP contribution in [0.15, 0.2) is 6.07 Å². The zero-order valence-electron chi connectivity index (χ0n) is 9.77. The summed E-state index contributed by atoms with van der Waals surface area (Å²) in [6, 6.07) is 2.33. The van der Waals surface area contributed by atoms with Crippen molar-refractivity contribution in [2.75, 3.05) is 0 Å². The number of hydrogen-bond acceptors (Lipinski definition) is 1. The van der Waals surface area contributed by atoms with Crippen LogP contribution >= 0.6 is 11.3 Å². The molecular weight excluding hydrogens is 176 g/mol. The van der Waals surface area contributed by atoms with E-state index in [9.17, 15) is 0 Å². The number of rotatable bonds is 2. The lowest BCUT2D eigenvalue weighted by molar-refractivity contribution is 0.889. The van der Waals surface area contributed by atoms with E-state index in [2.05, 4.69) is 33.8 Å². The average molecular weight is 198 g/mol. The van der Waals surface area contributed by atoms with Gasteiger partial charge in [-0.1, -0.05) is 34.6 Å². The van der Waals surface area contributed by atoms with Gasteiger partial charge in [-0.15, -0.1) is 11.3 Å². The molecule has 1 heterocycles. The van der Waals surface area contributed by atoms with Crippen LogP contribution in [0.5, 0.6) is 0 Å². The van der Waals surface area contributed by atoms with Gasteiger partial charge >= 0.3 is 0 Å². The largest absolute Gasteiger partial charge is 0.145 e. The monoisotopic (exact) mass is 198 g/mol. The summed E-state index contributed by atoms with van der Waals surface area (Å²) in [5.41, 5.74) is 1.47. The van der Waals surface area contributed by atoms with Crippen molar-refractivity contribution >= 4 is 11.3 Å². The van der Waals surface area contributed by atoms with E-state index < -0.39 is 0 Å². The SMILES string of the molecule is CC.CCc1sc(C(C)C)cc1C. The summed E-state index contributed by atoms with van der Waals surface area (Å²) < 4.78 is 0. The van der Waals surface area contributed by atoms with Gasteiger partial charge in [0, 0.05) is 9.75 Å². The molecule has 0 atom stereocenters. The van der Waals surface area contributed by atoms with Crippen molar-refractivity contribution in [2.45, 2.75) is 53.9 Å². The molecule has 0 aliphatic rings. The molecule has 76 valence electrons. The van der Waals surface area contributed by atoms with Crippen LogP contribution in [0.3, 0.4) is 0 Å². The van der Waals surface area contributed by atoms with Crippen LogP contribution in [-0.4, -0.2) is 0 Å². The molecule has 0 spiro atoms. The fourth-order valence-corrected chi connectivity index (χ4v) is 2.30. The smallest absolute Gasteiger partial charge is 0.00763 e. The van der Waals surface area contributed by atoms with Gasteiger partial charge in [0.1, 0.15) is 0 Å². The first-order chi connectivity index (χ1) is 6.15. The van der Waals surface area contributed by atoms with E-state index in [1.54, 1.807) is 4.88 Å². The highest BCUT2D eigenvalue weighted by molar-refractivity contribution is 7.12. The summed E-state index contributed by atoms with van der Waals surface area (Å²) in [5.74, 6) is 0.694. The highest BCUT2D eigenvalue weighted by Gasteiger charge is 2.05. The first-order valence-corrected chi connectivity index (χ1v) is 6.06. The van der Waals surface area contributed by atoms with E-state index >= 15 is 0 Å². The molecule has 1 rings (SSSR count). The van der Waals surface area contributed by atoms with Crippen LogP contribution in [-0.2, 0) is 6.42 Å². The normalized spacial score (nSPS) is 9.77. The number of aryl methyl sites for hydroxylation is 2. The Balaban J connectivity index is 0.000000671. The molecule has 1 heteroatoms. The Kier molecular flexibility index (Phi) is 6.06. The van der Waals surface area contributed by atoms with E-state index in [0.29, 0.717) is 5.92 Å². The molecule has 0 N–H and O–H groups in total. The fraction of sp³-hybridized carbons (Fsp3) is 0.667. The minimum atomic E-state index is 0.694. The van der Waals surface area contributed by atoms with Crippen LogP contribution < -0.4 is 0 Å². The molecule has 0 aliphatic carbocycles. The highest BCUT2D eigenvalue weighted by Crippen LogP contribution is 2.27. The standard InChI is InChI=1S/C10H16S.C2H6/c1-5-9-8(4)6-10(11-9)7(2)3;1-2/h6-7H,5H2,1-4H3;1-2H3. The van der Waals surface area contributed by atoms with E-state index in [0.717, 1.165) is 0 Å². The van der Waals surface area contributed by atoms with Crippen molar-refractivity contribution in [1.29, 1.82) is 0 Å². The predicted molar refractivity (Wildman–Crippen MR) is 63.9 cm³/mol. The molecule has 0 bridgehead atoms. The van der Waals surface area contributed by atoms with Gasteiger partial charge in [-0.25, -0.2) is 0 Å². The predicted octanol–water partition coefficient (Wildman–Crippen LogP) is 4.77. The molecule has 0 aliphatic heterocycles. The first-order valence-electron chi connectivity index (χ1n) is 5.24. The van der Waals surface area contributed by atoms with Gasteiger partial charge in [0.2, 0.25) is 0 Å². The Morgan fingerprint density at radius 2 is 1.85 bits per heavy atom. The Morgan fingerprint density at radius 3 is 2.08 bits per heavy atom. The van der Waals surface area contributed by atoms with Crippen molar-refractivity contribution in [1.82, 2.24) is 0 Å². The second kappa shape index (κ2) is 6.20. The molecule has 0 radical (unpaired) electrons. The molecule has 1 aromatic heterocycles. The number of thiophene rings is 1. The lowest BCUT2D eigenvalue weighted by Gasteiger charge is -1.96. The molecule has 0 saturated heterocycles. The lowest BCUT2D eigenvalue weighted by Crippen LogP contribution is -1.77. The van der Waals surface area contributed by atoms with Crippen molar-refractivity contribution < 1.29 is 0 Å². The van der Waals surface area contributed by atoms with Crippen molar-refractivity contribution in [3.8, 4) is 0 Å². The van der Waals surface area contributed by atoms with Crippen molar-refractivity contribution in [3.05, 3.63) is 21.4 Å². The summed E-state index contributed by atoms with van der Waals surface area (Å²) in [5, 5.41) is 0. The van der Waals surface area contributed by atoms with Gasteiger partial charge in [0.25, 0.3) is 0 Å². The Labute approximate surface area is 87.0 Å². The first kappa shape index (κ1) is 12.7. The van der Waals surface area contributed by atoms with Gasteiger partial charge in [0.05, 0.1) is 0 Å². The third-order valence-electron chi connectivity index (χ3n) is 1.93. The van der Waals surface area contributed by atoms with Gasteiger partial charge in [-0.3, -0.25) is 0 Å². The van der Waals surface area contributed by atoms with E-state index in [1.807, 2.05) is 25.2 Å². The molecule has 0 aromatic carbocycles. The third-order valence-corrected chi connectivity index (χ3v) is 3.61. The van der Waals surface area contributed by atoms with Gasteiger partial charge in [-0.05, 0) is 30.9 Å². The molecule has 0 unspecified atom stereocenters. The maximum Gasteiger partial charge on any atom is 0.00763 e. The summed E-state index contributed by atoms with van der Waals surface area (Å²) in [4.78, 5) is 3.08. The van der Waals surface area contributed by atoms with Crippen molar-refractivity contribution in [2.24, 2.45) is 0 Å². The van der Waals surface area contributed by atoms with Crippen LogP contribution in [0, 0.1) is 6.92 Å². The highest BCUT2D eigenvalue weighted by atomic mass is 32.1. The van der Waals surface area contributed by atoms with Crippen LogP contribution in [0.2, 0.25) is 0 Å². The van der Waals surface area contributed by atoms with Crippen LogP contribution in [0.25, 0.3) is 0 Å². The molecule has 0 amide bonds. The maximum absolute atomic E-state index is 2.33. The summed E-state index contributed by atoms with van der Waals surface area (Å²) in [6.45, 7) is 12.9. The van der Waals surface area contributed by atoms with Crippen LogP contribution in [0.1, 0.15) is 55.9 Å². The molecular formula is C12H22S. The molecule has 0 nitrogen and oxygen atoms in total. The van der Waals surface area contributed by atoms with Gasteiger partial charge < -0.3 is 0 Å². The fourth-order valence-electron chi connectivity index (χ4n) is 1.18. The minimum Gasteiger partial charge on any atom is -0.145 e. The van der Waals surface area contributed by atoms with Gasteiger partial charge in [0.15, 0.2) is 0 Å². The molecule has 0 saturated carbocycles. The Bertz CT molecular complexity index is 233. The summed E-state index contributed by atoms with van der Waals surface area (Å²) in [6.07, 6.45) is 1.18. The second-order valence-electron chi connectivity index (χ2n) is 3.26. The minimum absolute atomic E-state index is 0.694. The second-order valence-corrected chi connectivity index (χ2v) is 4.43. The van der Waals surface area contributed by atoms with E-state index in [1.165, 1.54) is 16.9 Å². The lowest BCUT2D eigenvalue weighted by atomic mass is 10.1. The molecule has 0 fully saturated rings. The summed E-state index contributed by atoms with van der Waals surface area (Å²) >= 11 is 1.97. The van der Waals surface area contributed by atoms with E-state index in [-0.39, 0.29) is 0 Å². The molecule has 13 heavy (non-hydrogen) atoms. The summed E-state index contributed by atoms with van der Waals surface area (Å²) in [7, 11) is 0. The van der Waals surface area contributed by atoms with Crippen LogP contribution in [0.4, 0.5) is 0 Å². The van der Waals surface area contributed by atoms with Gasteiger partial charge in [-0.2, -0.15) is 0 Å². The topological polar surface area (TPSA) is 0 Å². The Morgan fingerprint density at radius 1 is 1.31 bits per heavy atom. The third kappa shape index (κ3) is 3.51. The number of hydrogen-bond donors (Lipinski definition) is 0. The van der Waals surface area contributed by atoms with Crippen molar-refractivity contribution in [3.63, 3.8) is 0 Å². The molecule has 1 aromatic rings. The quantitative estimate of drug-likeness (QED) is 0.642. The zero-order chi connectivity index (χ0) is 10.4. The zero-order valence-corrected chi connectivity index (χ0v) is 10.6. The average Bonchev–Trinajstić information content (AvgIpc) is 2.50.